The third-order valence-electron chi connectivity index (χ3n) is 2.33. The van der Waals surface area contributed by atoms with Gasteiger partial charge < -0.3 is 5.32 Å². The molecule has 0 radical (unpaired) electrons. The molecule has 0 spiro atoms. The molecule has 1 rings (SSSR count). The standard InChI is InChI=1S/C11H17ClN2O2S/c1-3-9(2)13-10-4-6-11(7-5-10)14-17(15,16)8-12/h4-7,9,13-14H,3,8H2,1-2H3. The first kappa shape index (κ1) is 14.1. The fraction of sp³-hybridized carbons (Fsp3) is 0.455. The van der Waals surface area contributed by atoms with E-state index in [1.807, 2.05) is 12.1 Å². The van der Waals surface area contributed by atoms with Gasteiger partial charge in [0.1, 0.15) is 5.21 Å². The minimum absolute atomic E-state index is 0.389. The number of alkyl halides is 1. The molecule has 2 N–H and O–H groups in total. The molecule has 96 valence electrons. The molecule has 0 aliphatic rings. The maximum atomic E-state index is 11.2. The highest BCUT2D eigenvalue weighted by Gasteiger charge is 2.07. The average molecular weight is 277 g/mol. The van der Waals surface area contributed by atoms with E-state index in [4.69, 9.17) is 11.6 Å². The summed E-state index contributed by atoms with van der Waals surface area (Å²) in [6.07, 6.45) is 1.03. The second kappa shape index (κ2) is 6.12. The Balaban J connectivity index is 2.68. The first-order valence-corrected chi connectivity index (χ1v) is 7.58. The Hall–Kier alpha value is -0.940. The van der Waals surface area contributed by atoms with Crippen molar-refractivity contribution >= 4 is 33.0 Å². The number of rotatable bonds is 6. The van der Waals surface area contributed by atoms with E-state index in [1.165, 1.54) is 0 Å². The third-order valence-corrected chi connectivity index (χ3v) is 4.02. The maximum Gasteiger partial charge on any atom is 0.246 e. The molecule has 1 aromatic rings. The number of anilines is 2. The minimum atomic E-state index is -3.42. The summed E-state index contributed by atoms with van der Waals surface area (Å²) in [5.74, 6) is 0. The third kappa shape index (κ3) is 4.83. The summed E-state index contributed by atoms with van der Waals surface area (Å²) >= 11 is 5.30. The van der Waals surface area contributed by atoms with E-state index in [0.29, 0.717) is 11.7 Å². The van der Waals surface area contributed by atoms with E-state index >= 15 is 0 Å². The number of nitrogens with one attached hydrogen (secondary N) is 2. The molecule has 0 saturated heterocycles. The van der Waals surface area contributed by atoms with Crippen LogP contribution in [-0.2, 0) is 10.0 Å². The average Bonchev–Trinajstić information content (AvgIpc) is 2.31. The number of sulfonamides is 1. The molecule has 17 heavy (non-hydrogen) atoms. The van der Waals surface area contributed by atoms with Crippen LogP contribution in [0.2, 0.25) is 0 Å². The van der Waals surface area contributed by atoms with Gasteiger partial charge in [-0.1, -0.05) is 6.92 Å². The van der Waals surface area contributed by atoms with Crippen molar-refractivity contribution in [3.63, 3.8) is 0 Å². The fourth-order valence-corrected chi connectivity index (χ4v) is 1.94. The van der Waals surface area contributed by atoms with Crippen LogP contribution in [-0.4, -0.2) is 19.7 Å². The van der Waals surface area contributed by atoms with Gasteiger partial charge in [0.2, 0.25) is 10.0 Å². The topological polar surface area (TPSA) is 58.2 Å². The summed E-state index contributed by atoms with van der Waals surface area (Å²) < 4.78 is 24.8. The van der Waals surface area contributed by atoms with Crippen molar-refractivity contribution in [3.8, 4) is 0 Å². The van der Waals surface area contributed by atoms with Crippen LogP contribution in [0.3, 0.4) is 0 Å². The zero-order chi connectivity index (χ0) is 12.9. The van der Waals surface area contributed by atoms with Crippen LogP contribution in [0.25, 0.3) is 0 Å². The van der Waals surface area contributed by atoms with Crippen molar-refractivity contribution in [1.29, 1.82) is 0 Å². The van der Waals surface area contributed by atoms with Gasteiger partial charge >= 0.3 is 0 Å². The van der Waals surface area contributed by atoms with Gasteiger partial charge in [-0.2, -0.15) is 0 Å². The second-order valence-corrected chi connectivity index (χ2v) is 6.16. The molecule has 1 aromatic carbocycles. The lowest BCUT2D eigenvalue weighted by Crippen LogP contribution is -2.14. The Morgan fingerprint density at radius 1 is 1.24 bits per heavy atom. The lowest BCUT2D eigenvalue weighted by Gasteiger charge is -2.13. The van der Waals surface area contributed by atoms with Crippen molar-refractivity contribution in [2.45, 2.75) is 26.3 Å². The van der Waals surface area contributed by atoms with Gasteiger partial charge in [0.05, 0.1) is 0 Å². The predicted molar refractivity (Wildman–Crippen MR) is 73.1 cm³/mol. The van der Waals surface area contributed by atoms with E-state index < -0.39 is 15.2 Å². The first-order chi connectivity index (χ1) is 7.96. The second-order valence-electron chi connectivity index (χ2n) is 3.86. The van der Waals surface area contributed by atoms with Gasteiger partial charge in [-0.15, -0.1) is 11.6 Å². The van der Waals surface area contributed by atoms with Crippen LogP contribution in [0.5, 0.6) is 0 Å². The van der Waals surface area contributed by atoms with Crippen molar-refractivity contribution in [3.05, 3.63) is 24.3 Å². The predicted octanol–water partition coefficient (Wildman–Crippen LogP) is 2.84. The normalized spacial score (nSPS) is 13.1. The molecular formula is C11H17ClN2O2S. The molecule has 0 saturated carbocycles. The van der Waals surface area contributed by atoms with Gasteiger partial charge in [-0.25, -0.2) is 8.42 Å². The first-order valence-electron chi connectivity index (χ1n) is 5.40. The van der Waals surface area contributed by atoms with E-state index in [0.717, 1.165) is 12.1 Å². The Kier molecular flexibility index (Phi) is 5.08. The molecule has 0 aromatic heterocycles. The van der Waals surface area contributed by atoms with Crippen LogP contribution in [0.1, 0.15) is 20.3 Å². The SMILES string of the molecule is CCC(C)Nc1ccc(NS(=O)(=O)CCl)cc1. The highest BCUT2D eigenvalue weighted by molar-refractivity contribution is 7.93. The molecule has 0 aliphatic heterocycles. The molecule has 0 fully saturated rings. The Bertz CT molecular complexity index is 445. The molecule has 0 amide bonds. The van der Waals surface area contributed by atoms with Crippen LogP contribution < -0.4 is 10.0 Å². The fourth-order valence-electron chi connectivity index (χ4n) is 1.23. The van der Waals surface area contributed by atoms with Gasteiger partial charge in [0.25, 0.3) is 0 Å². The van der Waals surface area contributed by atoms with Crippen LogP contribution in [0.4, 0.5) is 11.4 Å². The van der Waals surface area contributed by atoms with Crippen molar-refractivity contribution < 1.29 is 8.42 Å². The monoisotopic (exact) mass is 276 g/mol. The molecule has 4 nitrogen and oxygen atoms in total. The quantitative estimate of drug-likeness (QED) is 0.786. The summed E-state index contributed by atoms with van der Waals surface area (Å²) in [4.78, 5) is 0. The smallest absolute Gasteiger partial charge is 0.246 e. The zero-order valence-corrected chi connectivity index (χ0v) is 11.5. The van der Waals surface area contributed by atoms with Crippen molar-refractivity contribution in [2.24, 2.45) is 0 Å². The molecule has 6 heteroatoms. The summed E-state index contributed by atoms with van der Waals surface area (Å²) in [5.41, 5.74) is 1.48. The number of hydrogen-bond acceptors (Lipinski definition) is 3. The maximum absolute atomic E-state index is 11.2. The van der Waals surface area contributed by atoms with Gasteiger partial charge in [0.15, 0.2) is 0 Å². The minimum Gasteiger partial charge on any atom is -0.383 e. The summed E-state index contributed by atoms with van der Waals surface area (Å²) in [7, 11) is -3.42. The number of benzene rings is 1. The molecule has 0 aliphatic carbocycles. The molecular weight excluding hydrogens is 260 g/mol. The summed E-state index contributed by atoms with van der Waals surface area (Å²) in [5, 5.41) is 2.85. The van der Waals surface area contributed by atoms with E-state index in [1.54, 1.807) is 12.1 Å². The summed E-state index contributed by atoms with van der Waals surface area (Å²) in [6.45, 7) is 4.19. The van der Waals surface area contributed by atoms with Crippen LogP contribution in [0, 0.1) is 0 Å². The van der Waals surface area contributed by atoms with Crippen LogP contribution >= 0.6 is 11.6 Å². The number of halogens is 1. The Labute approximate surface area is 107 Å². The Morgan fingerprint density at radius 3 is 2.24 bits per heavy atom. The highest BCUT2D eigenvalue weighted by Crippen LogP contribution is 2.16. The zero-order valence-electron chi connectivity index (χ0n) is 9.90. The van der Waals surface area contributed by atoms with Crippen LogP contribution in [0.15, 0.2) is 24.3 Å². The van der Waals surface area contributed by atoms with E-state index in [2.05, 4.69) is 23.9 Å². The highest BCUT2D eigenvalue weighted by atomic mass is 35.5. The lowest BCUT2D eigenvalue weighted by atomic mass is 10.2. The van der Waals surface area contributed by atoms with Crippen molar-refractivity contribution in [1.82, 2.24) is 0 Å². The molecule has 0 bridgehead atoms. The van der Waals surface area contributed by atoms with Crippen molar-refractivity contribution in [2.75, 3.05) is 15.3 Å². The largest absolute Gasteiger partial charge is 0.383 e. The van der Waals surface area contributed by atoms with E-state index in [9.17, 15) is 8.42 Å². The summed E-state index contributed by atoms with van der Waals surface area (Å²) in [6, 6.07) is 7.46. The lowest BCUT2D eigenvalue weighted by molar-refractivity contribution is 0.605. The molecule has 1 atom stereocenters. The molecule has 1 unspecified atom stereocenters. The van der Waals surface area contributed by atoms with Gasteiger partial charge in [-0.3, -0.25) is 4.72 Å². The van der Waals surface area contributed by atoms with Gasteiger partial charge in [0, 0.05) is 17.4 Å². The Morgan fingerprint density at radius 2 is 1.76 bits per heavy atom. The van der Waals surface area contributed by atoms with E-state index in [-0.39, 0.29) is 0 Å². The number of hydrogen-bond donors (Lipinski definition) is 2. The molecule has 0 heterocycles. The van der Waals surface area contributed by atoms with Gasteiger partial charge in [-0.05, 0) is 37.6 Å².